The smallest absolute Gasteiger partial charge is 0.306 e. The van der Waals surface area contributed by atoms with Gasteiger partial charge in [0, 0.05) is 17.0 Å². The van der Waals surface area contributed by atoms with E-state index < -0.39 is 30.1 Å². The standard InChI is InChI=1S/C29H46O4/c1-19(9-7-11-27(32)33-28(3,4)5)24-14-15-25-21(10-8-16-29(24,25)6)12-13-22-17-23(30)18-26(31)20(22)2/h12-13,19,23-26,30-31H,2,7-11,14-18H2,1,3-6H3/b21-12+,22-13-/t19-,23-,24-,25+,26+,29-/m1/s1/i6D3. The molecule has 0 aromatic heterocycles. The molecular formula is C29H46O4. The highest BCUT2D eigenvalue weighted by Crippen LogP contribution is 2.59. The second-order valence-electron chi connectivity index (χ2n) is 11.7. The number of carbonyl (C=O) groups excluding carboxylic acids is 1. The largest absolute Gasteiger partial charge is 0.460 e. The molecule has 0 radical (unpaired) electrons. The van der Waals surface area contributed by atoms with Crippen molar-refractivity contribution < 1.29 is 23.9 Å². The molecule has 0 aromatic rings. The van der Waals surface area contributed by atoms with E-state index >= 15 is 0 Å². The van der Waals surface area contributed by atoms with Crippen LogP contribution in [0.5, 0.6) is 0 Å². The third-order valence-corrected chi connectivity index (χ3v) is 7.96. The molecule has 3 fully saturated rings. The van der Waals surface area contributed by atoms with Gasteiger partial charge in [-0.05, 0) is 106 Å². The maximum Gasteiger partial charge on any atom is 0.306 e. The number of fused-ring (bicyclic) bond motifs is 1. The fourth-order valence-corrected chi connectivity index (χ4v) is 6.37. The van der Waals surface area contributed by atoms with Crippen molar-refractivity contribution in [1.29, 1.82) is 0 Å². The van der Waals surface area contributed by atoms with E-state index in [2.05, 4.69) is 19.6 Å². The molecule has 0 unspecified atom stereocenters. The van der Waals surface area contributed by atoms with Crippen LogP contribution in [0, 0.1) is 23.2 Å². The molecule has 0 saturated heterocycles. The normalized spacial score (nSPS) is 37.9. The van der Waals surface area contributed by atoms with Crippen LogP contribution in [0.2, 0.25) is 0 Å². The Bertz CT molecular complexity index is 882. The van der Waals surface area contributed by atoms with E-state index in [9.17, 15) is 15.0 Å². The first kappa shape index (κ1) is 22.1. The number of hydrogen-bond acceptors (Lipinski definition) is 4. The Morgan fingerprint density at radius 3 is 2.79 bits per heavy atom. The fourth-order valence-electron chi connectivity index (χ4n) is 6.37. The molecule has 3 rings (SSSR count). The van der Waals surface area contributed by atoms with E-state index in [0.29, 0.717) is 37.7 Å². The van der Waals surface area contributed by atoms with Crippen LogP contribution < -0.4 is 0 Å². The van der Waals surface area contributed by atoms with Crippen molar-refractivity contribution in [3.05, 3.63) is 35.5 Å². The lowest BCUT2D eigenvalue weighted by molar-refractivity contribution is -0.155. The zero-order chi connectivity index (χ0) is 26.9. The van der Waals surface area contributed by atoms with Gasteiger partial charge in [-0.3, -0.25) is 4.79 Å². The van der Waals surface area contributed by atoms with E-state index in [4.69, 9.17) is 8.85 Å². The van der Waals surface area contributed by atoms with Gasteiger partial charge in [0.15, 0.2) is 0 Å². The lowest BCUT2D eigenvalue weighted by Gasteiger charge is -2.44. The molecule has 6 atom stereocenters. The summed E-state index contributed by atoms with van der Waals surface area (Å²) in [6.07, 6.45) is 9.52. The zero-order valence-corrected chi connectivity index (χ0v) is 21.0. The number of aliphatic hydroxyl groups is 2. The first-order valence-corrected chi connectivity index (χ1v) is 12.8. The number of esters is 1. The summed E-state index contributed by atoms with van der Waals surface area (Å²) in [5.41, 5.74) is 1.44. The van der Waals surface area contributed by atoms with E-state index in [1.54, 1.807) is 0 Å². The predicted octanol–water partition coefficient (Wildman–Crippen LogP) is 6.28. The van der Waals surface area contributed by atoms with E-state index in [1.807, 2.05) is 26.8 Å². The van der Waals surface area contributed by atoms with Crippen molar-refractivity contribution in [3.63, 3.8) is 0 Å². The zero-order valence-electron chi connectivity index (χ0n) is 24.0. The highest BCUT2D eigenvalue weighted by molar-refractivity contribution is 5.69. The monoisotopic (exact) mass is 461 g/mol. The lowest BCUT2D eigenvalue weighted by atomic mass is 9.60. The molecule has 33 heavy (non-hydrogen) atoms. The number of allylic oxidation sites excluding steroid dienone is 3. The first-order valence-electron chi connectivity index (χ1n) is 14.3. The highest BCUT2D eigenvalue weighted by Gasteiger charge is 2.50. The summed E-state index contributed by atoms with van der Waals surface area (Å²) in [5, 5.41) is 20.3. The minimum Gasteiger partial charge on any atom is -0.460 e. The van der Waals surface area contributed by atoms with Gasteiger partial charge in [-0.1, -0.05) is 38.1 Å². The van der Waals surface area contributed by atoms with Gasteiger partial charge in [-0.2, -0.15) is 0 Å². The molecule has 0 aromatic carbocycles. The summed E-state index contributed by atoms with van der Waals surface area (Å²) in [6, 6.07) is 0. The Hall–Kier alpha value is -1.39. The van der Waals surface area contributed by atoms with E-state index in [1.165, 1.54) is 5.57 Å². The van der Waals surface area contributed by atoms with Crippen molar-refractivity contribution in [3.8, 4) is 0 Å². The Morgan fingerprint density at radius 2 is 2.09 bits per heavy atom. The minimum atomic E-state index is -2.06. The molecule has 2 N–H and O–H groups in total. The fraction of sp³-hybridized carbons (Fsp3) is 0.759. The van der Waals surface area contributed by atoms with Crippen molar-refractivity contribution in [2.75, 3.05) is 0 Å². The Kier molecular flexibility index (Phi) is 7.02. The van der Waals surface area contributed by atoms with Gasteiger partial charge in [0.2, 0.25) is 0 Å². The molecule has 0 aliphatic heterocycles. The number of rotatable bonds is 6. The topological polar surface area (TPSA) is 66.8 Å². The van der Waals surface area contributed by atoms with Crippen LogP contribution in [0.3, 0.4) is 0 Å². The Labute approximate surface area is 205 Å². The second-order valence-corrected chi connectivity index (χ2v) is 11.7. The van der Waals surface area contributed by atoms with Crippen molar-refractivity contribution in [2.24, 2.45) is 23.2 Å². The third-order valence-electron chi connectivity index (χ3n) is 7.96. The second kappa shape index (κ2) is 10.5. The minimum absolute atomic E-state index is 0.000564. The molecule has 3 saturated carbocycles. The molecule has 0 heterocycles. The highest BCUT2D eigenvalue weighted by atomic mass is 16.6. The predicted molar refractivity (Wildman–Crippen MR) is 134 cm³/mol. The molecule has 3 aliphatic carbocycles. The molecular weight excluding hydrogens is 412 g/mol. The van der Waals surface area contributed by atoms with Crippen LogP contribution in [-0.2, 0) is 9.53 Å². The van der Waals surface area contributed by atoms with Gasteiger partial charge in [-0.15, -0.1) is 0 Å². The molecule has 4 nitrogen and oxygen atoms in total. The maximum absolute atomic E-state index is 12.2. The van der Waals surface area contributed by atoms with Crippen molar-refractivity contribution in [1.82, 2.24) is 0 Å². The third kappa shape index (κ3) is 6.39. The molecule has 0 spiro atoms. The summed E-state index contributed by atoms with van der Waals surface area (Å²) in [7, 11) is 0. The summed E-state index contributed by atoms with van der Waals surface area (Å²) in [6.45, 7) is 9.70. The number of hydrogen-bond donors (Lipinski definition) is 2. The molecule has 4 heteroatoms. The number of ether oxygens (including phenoxy) is 1. The lowest BCUT2D eigenvalue weighted by Crippen LogP contribution is -2.36. The van der Waals surface area contributed by atoms with E-state index in [-0.39, 0.29) is 23.7 Å². The van der Waals surface area contributed by atoms with Crippen LogP contribution >= 0.6 is 0 Å². The van der Waals surface area contributed by atoms with Gasteiger partial charge in [0.05, 0.1) is 12.2 Å². The van der Waals surface area contributed by atoms with Gasteiger partial charge in [0.25, 0.3) is 0 Å². The summed E-state index contributed by atoms with van der Waals surface area (Å²) < 4.78 is 31.4. The van der Waals surface area contributed by atoms with Crippen LogP contribution in [0.1, 0.15) is 103 Å². The quantitative estimate of drug-likeness (QED) is 0.457. The SMILES string of the molecule is [2H]C([2H])([2H])[C@]12CCC/C(=C\C=C3\C[C@@H](O)C[C@H](O)C3=C)[C@@H]1CC[C@@H]2[C@H](C)CCCC(=O)OC(C)(C)C. The first-order chi connectivity index (χ1) is 16.7. The van der Waals surface area contributed by atoms with Crippen LogP contribution in [0.25, 0.3) is 0 Å². The van der Waals surface area contributed by atoms with E-state index in [0.717, 1.165) is 37.7 Å². The van der Waals surface area contributed by atoms with Crippen LogP contribution in [-0.4, -0.2) is 34.0 Å². The molecule has 3 aliphatic rings. The number of carbonyl (C=O) groups is 1. The van der Waals surface area contributed by atoms with Gasteiger partial charge < -0.3 is 14.9 Å². The van der Waals surface area contributed by atoms with Gasteiger partial charge >= 0.3 is 5.97 Å². The summed E-state index contributed by atoms with van der Waals surface area (Å²) in [4.78, 5) is 12.2. The Morgan fingerprint density at radius 1 is 1.33 bits per heavy atom. The molecule has 0 bridgehead atoms. The average Bonchev–Trinajstić information content (AvgIpc) is 3.15. The van der Waals surface area contributed by atoms with Crippen molar-refractivity contribution >= 4 is 5.97 Å². The summed E-state index contributed by atoms with van der Waals surface area (Å²) in [5.74, 6) is 0.0952. The van der Waals surface area contributed by atoms with Crippen LogP contribution in [0.4, 0.5) is 0 Å². The molecule has 0 amide bonds. The van der Waals surface area contributed by atoms with Crippen LogP contribution in [0.15, 0.2) is 35.5 Å². The number of aliphatic hydroxyl groups excluding tert-OH is 2. The van der Waals surface area contributed by atoms with Crippen molar-refractivity contribution in [2.45, 2.75) is 117 Å². The Balaban J connectivity index is 1.78. The average molecular weight is 462 g/mol. The maximum atomic E-state index is 12.2. The molecule has 186 valence electrons. The van der Waals surface area contributed by atoms with Gasteiger partial charge in [-0.25, -0.2) is 0 Å². The van der Waals surface area contributed by atoms with Gasteiger partial charge in [0.1, 0.15) is 5.60 Å². The summed E-state index contributed by atoms with van der Waals surface area (Å²) >= 11 is 0.